The van der Waals surface area contributed by atoms with Gasteiger partial charge in [-0.3, -0.25) is 9.36 Å². The summed E-state index contributed by atoms with van der Waals surface area (Å²) in [4.78, 5) is 13.3. The zero-order valence-electron chi connectivity index (χ0n) is 19.9. The lowest BCUT2D eigenvalue weighted by Gasteiger charge is -2.19. The second-order valence-electron chi connectivity index (χ2n) is 7.78. The summed E-state index contributed by atoms with van der Waals surface area (Å²) >= 11 is 14.4. The van der Waals surface area contributed by atoms with Crippen molar-refractivity contribution in [3.05, 3.63) is 93.7 Å². The molecule has 3 aromatic carbocycles. The molecule has 1 unspecified atom stereocenters. The van der Waals surface area contributed by atoms with Crippen LogP contribution in [0.1, 0.15) is 34.7 Å². The average molecular weight is 543 g/mol. The zero-order valence-corrected chi connectivity index (χ0v) is 22.2. The number of carbonyl (C=O) groups is 1. The summed E-state index contributed by atoms with van der Waals surface area (Å²) in [5.41, 5.74) is 2.05. The molecule has 186 valence electrons. The van der Waals surface area contributed by atoms with Crippen LogP contribution in [0.3, 0.4) is 0 Å². The van der Waals surface area contributed by atoms with E-state index in [1.54, 1.807) is 36.4 Å². The summed E-state index contributed by atoms with van der Waals surface area (Å²) in [6.07, 6.45) is 0. The molecule has 0 fully saturated rings. The van der Waals surface area contributed by atoms with Crippen molar-refractivity contribution in [2.24, 2.45) is 0 Å². The van der Waals surface area contributed by atoms with E-state index in [1.165, 1.54) is 26.0 Å². The maximum absolute atomic E-state index is 13.3. The largest absolute Gasteiger partial charge is 0.496 e. The van der Waals surface area contributed by atoms with Gasteiger partial charge in [-0.05, 0) is 42.8 Å². The van der Waals surface area contributed by atoms with Crippen LogP contribution < -0.4 is 14.8 Å². The molecule has 0 spiro atoms. The lowest BCUT2D eigenvalue weighted by molar-refractivity contribution is 0.0931. The number of ether oxygens (including phenoxy) is 2. The number of aromatic nitrogens is 3. The van der Waals surface area contributed by atoms with Crippen molar-refractivity contribution in [2.75, 3.05) is 14.2 Å². The molecule has 1 amide bonds. The quantitative estimate of drug-likeness (QED) is 0.247. The van der Waals surface area contributed by atoms with Gasteiger partial charge in [-0.2, -0.15) is 0 Å². The van der Waals surface area contributed by atoms with Crippen molar-refractivity contribution < 1.29 is 14.3 Å². The van der Waals surface area contributed by atoms with Crippen LogP contribution in [0.5, 0.6) is 11.5 Å². The molecule has 36 heavy (non-hydrogen) atoms. The smallest absolute Gasteiger partial charge is 0.259 e. The number of rotatable bonds is 9. The van der Waals surface area contributed by atoms with Crippen molar-refractivity contribution in [2.45, 2.75) is 23.9 Å². The van der Waals surface area contributed by atoms with E-state index in [2.05, 4.69) is 15.5 Å². The monoisotopic (exact) mass is 542 g/mol. The van der Waals surface area contributed by atoms with Gasteiger partial charge in [0, 0.05) is 10.8 Å². The van der Waals surface area contributed by atoms with Gasteiger partial charge in [0.05, 0.1) is 31.0 Å². The molecule has 0 aliphatic carbocycles. The predicted octanol–water partition coefficient (Wildman–Crippen LogP) is 6.37. The van der Waals surface area contributed by atoms with Crippen molar-refractivity contribution in [1.29, 1.82) is 0 Å². The minimum atomic E-state index is -0.541. The summed E-state index contributed by atoms with van der Waals surface area (Å²) < 4.78 is 12.6. The Kier molecular flexibility index (Phi) is 8.40. The Morgan fingerprint density at radius 1 is 1.00 bits per heavy atom. The lowest BCUT2D eigenvalue weighted by atomic mass is 10.1. The third kappa shape index (κ3) is 5.61. The van der Waals surface area contributed by atoms with Crippen molar-refractivity contribution in [3.8, 4) is 17.2 Å². The summed E-state index contributed by atoms with van der Waals surface area (Å²) in [6.45, 7) is 1.82. The first-order chi connectivity index (χ1) is 17.4. The number of hydrogen-bond donors (Lipinski definition) is 1. The molecule has 7 nitrogen and oxygen atoms in total. The van der Waals surface area contributed by atoms with Crippen LogP contribution in [0.2, 0.25) is 10.0 Å². The molecule has 1 aromatic heterocycles. The molecule has 4 aromatic rings. The van der Waals surface area contributed by atoms with Gasteiger partial charge < -0.3 is 14.8 Å². The maximum atomic E-state index is 13.3. The minimum Gasteiger partial charge on any atom is -0.496 e. The first-order valence-corrected chi connectivity index (χ1v) is 12.8. The van der Waals surface area contributed by atoms with Crippen LogP contribution in [0.25, 0.3) is 5.69 Å². The molecule has 0 bridgehead atoms. The molecular formula is C26H24Cl2N4O3S. The molecule has 10 heteroatoms. The topological polar surface area (TPSA) is 78.3 Å². The van der Waals surface area contributed by atoms with Crippen LogP contribution in [0, 0.1) is 0 Å². The molecule has 1 N–H and O–H groups in total. The van der Waals surface area contributed by atoms with Crippen LogP contribution in [-0.2, 0) is 5.75 Å². The van der Waals surface area contributed by atoms with E-state index in [1.807, 2.05) is 41.8 Å². The number of carbonyl (C=O) groups excluding carboxylic acids is 1. The molecule has 0 radical (unpaired) electrons. The van der Waals surface area contributed by atoms with E-state index in [0.717, 1.165) is 5.56 Å². The highest BCUT2D eigenvalue weighted by Crippen LogP contribution is 2.33. The second-order valence-corrected chi connectivity index (χ2v) is 9.57. The number of halogens is 2. The first-order valence-electron chi connectivity index (χ1n) is 11.0. The normalized spacial score (nSPS) is 11.7. The SMILES string of the molecule is COc1cccc(OC)c1C(=O)NC(C)c1nnc(SCc2ccccc2)n1-c1cc(Cl)ccc1Cl. The van der Waals surface area contributed by atoms with Gasteiger partial charge in [0.1, 0.15) is 17.1 Å². The highest BCUT2D eigenvalue weighted by atomic mass is 35.5. The van der Waals surface area contributed by atoms with E-state index in [-0.39, 0.29) is 5.91 Å². The Morgan fingerprint density at radius 3 is 2.36 bits per heavy atom. The Balaban J connectivity index is 1.70. The van der Waals surface area contributed by atoms with E-state index >= 15 is 0 Å². The van der Waals surface area contributed by atoms with Crippen LogP contribution in [0.4, 0.5) is 0 Å². The van der Waals surface area contributed by atoms with Crippen LogP contribution >= 0.6 is 35.0 Å². The number of nitrogens with zero attached hydrogens (tertiary/aromatic N) is 3. The number of benzene rings is 3. The van der Waals surface area contributed by atoms with Gasteiger partial charge >= 0.3 is 0 Å². The minimum absolute atomic E-state index is 0.292. The molecular weight excluding hydrogens is 519 g/mol. The first kappa shape index (κ1) is 25.9. The van der Waals surface area contributed by atoms with E-state index < -0.39 is 6.04 Å². The van der Waals surface area contributed by atoms with E-state index in [0.29, 0.717) is 49.5 Å². The Morgan fingerprint density at radius 2 is 1.69 bits per heavy atom. The summed E-state index contributed by atoms with van der Waals surface area (Å²) in [7, 11) is 3.01. The standard InChI is InChI=1S/C26H24Cl2N4O3S/c1-16(29-25(33)23-21(34-2)10-7-11-22(23)35-3)24-30-31-26(36-15-17-8-5-4-6-9-17)32(24)20-14-18(27)12-13-19(20)28/h4-14,16H,15H2,1-3H3,(H,29,33). The maximum Gasteiger partial charge on any atom is 0.259 e. The van der Waals surface area contributed by atoms with Crippen molar-refractivity contribution in [1.82, 2.24) is 20.1 Å². The molecule has 0 saturated carbocycles. The highest BCUT2D eigenvalue weighted by molar-refractivity contribution is 7.98. The fraction of sp³-hybridized carbons (Fsp3) is 0.192. The average Bonchev–Trinajstić information content (AvgIpc) is 3.32. The predicted molar refractivity (Wildman–Crippen MR) is 143 cm³/mol. The van der Waals surface area contributed by atoms with E-state index in [9.17, 15) is 4.79 Å². The summed E-state index contributed by atoms with van der Waals surface area (Å²) in [6, 6.07) is 19.9. The van der Waals surface area contributed by atoms with Gasteiger partial charge in [0.15, 0.2) is 11.0 Å². The van der Waals surface area contributed by atoms with Gasteiger partial charge in [-0.25, -0.2) is 0 Å². The van der Waals surface area contributed by atoms with Gasteiger partial charge in [-0.1, -0.05) is 71.4 Å². The number of hydrogen-bond acceptors (Lipinski definition) is 6. The fourth-order valence-corrected chi connectivity index (χ4v) is 4.95. The van der Waals surface area contributed by atoms with Crippen molar-refractivity contribution in [3.63, 3.8) is 0 Å². The Labute approximate surface area is 223 Å². The van der Waals surface area contributed by atoms with Crippen LogP contribution in [-0.4, -0.2) is 34.9 Å². The number of amides is 1. The molecule has 1 atom stereocenters. The molecule has 0 aliphatic heterocycles. The second kappa shape index (κ2) is 11.7. The Hall–Kier alpha value is -3.20. The third-order valence-electron chi connectivity index (χ3n) is 5.41. The Bertz CT molecular complexity index is 1340. The molecule has 1 heterocycles. The molecule has 0 aliphatic rings. The highest BCUT2D eigenvalue weighted by Gasteiger charge is 2.25. The van der Waals surface area contributed by atoms with Gasteiger partial charge in [-0.15, -0.1) is 10.2 Å². The molecule has 0 saturated heterocycles. The zero-order chi connectivity index (χ0) is 25.7. The fourth-order valence-electron chi connectivity index (χ4n) is 3.67. The molecule has 4 rings (SSSR count). The van der Waals surface area contributed by atoms with E-state index in [4.69, 9.17) is 32.7 Å². The number of nitrogens with one attached hydrogen (secondary N) is 1. The number of methoxy groups -OCH3 is 2. The third-order valence-corrected chi connectivity index (χ3v) is 6.96. The lowest BCUT2D eigenvalue weighted by Crippen LogP contribution is -2.29. The van der Waals surface area contributed by atoms with Crippen LogP contribution in [0.15, 0.2) is 71.9 Å². The summed E-state index contributed by atoms with van der Waals surface area (Å²) in [5.74, 6) is 1.60. The number of thioether (sulfide) groups is 1. The van der Waals surface area contributed by atoms with Gasteiger partial charge in [0.25, 0.3) is 5.91 Å². The summed E-state index contributed by atoms with van der Waals surface area (Å²) in [5, 5.41) is 13.4. The van der Waals surface area contributed by atoms with Crippen molar-refractivity contribution >= 4 is 40.9 Å². The van der Waals surface area contributed by atoms with Gasteiger partial charge in [0.2, 0.25) is 0 Å².